The van der Waals surface area contributed by atoms with Crippen molar-refractivity contribution in [2.45, 2.75) is 12.8 Å². The summed E-state index contributed by atoms with van der Waals surface area (Å²) in [5.74, 6) is -0.232. The molecule has 0 bridgehead atoms. The lowest BCUT2D eigenvalue weighted by molar-refractivity contribution is -0.122. The van der Waals surface area contributed by atoms with Crippen molar-refractivity contribution in [2.24, 2.45) is 10.8 Å². The molecule has 1 aromatic rings. The lowest BCUT2D eigenvalue weighted by atomic mass is 10.3. The number of nitrogens with one attached hydrogen (secondary N) is 1. The molecule has 0 aliphatic carbocycles. The predicted molar refractivity (Wildman–Crippen MR) is 85.1 cm³/mol. The molecule has 1 aliphatic rings. The number of nitrogens with zero attached hydrogens (tertiary/aromatic N) is 2. The molecule has 0 saturated carbocycles. The van der Waals surface area contributed by atoms with Crippen LogP contribution in [0.2, 0.25) is 5.02 Å². The first-order chi connectivity index (χ1) is 9.58. The Balaban J connectivity index is 2.13. The van der Waals surface area contributed by atoms with Gasteiger partial charge in [0, 0.05) is 18.1 Å². The van der Waals surface area contributed by atoms with Gasteiger partial charge < -0.3 is 10.6 Å². The second-order valence-electron chi connectivity index (χ2n) is 4.45. The van der Waals surface area contributed by atoms with Crippen LogP contribution in [0, 0.1) is 0 Å². The Morgan fingerprint density at radius 1 is 1.40 bits per heavy atom. The molecule has 0 atom stereocenters. The zero-order valence-corrected chi connectivity index (χ0v) is 12.4. The van der Waals surface area contributed by atoms with E-state index in [0.29, 0.717) is 10.7 Å². The molecule has 1 fully saturated rings. The summed E-state index contributed by atoms with van der Waals surface area (Å²) in [5, 5.41) is 4.61. The Bertz CT molecular complexity index is 555. The minimum Gasteiger partial charge on any atom is -0.388 e. The molecular formula is C13H15ClN4OS. The fraction of sp³-hybridized carbons (Fsp3) is 0.308. The smallest absolute Gasteiger partial charge is 0.277 e. The number of thiocarbonyl (C=S) groups is 1. The third-order valence-corrected chi connectivity index (χ3v) is 3.38. The highest BCUT2D eigenvalue weighted by Crippen LogP contribution is 2.15. The molecule has 1 amide bonds. The van der Waals surface area contributed by atoms with E-state index >= 15 is 0 Å². The Labute approximate surface area is 127 Å². The van der Waals surface area contributed by atoms with E-state index in [-0.39, 0.29) is 16.6 Å². The summed E-state index contributed by atoms with van der Waals surface area (Å²) < 4.78 is 0. The molecule has 5 nitrogen and oxygen atoms in total. The lowest BCUT2D eigenvalue weighted by Gasteiger charge is -2.16. The van der Waals surface area contributed by atoms with Crippen LogP contribution in [0.25, 0.3) is 0 Å². The summed E-state index contributed by atoms with van der Waals surface area (Å²) in [6.45, 7) is 1.44. The van der Waals surface area contributed by atoms with Crippen molar-refractivity contribution < 1.29 is 4.79 Å². The minimum atomic E-state index is -0.232. The van der Waals surface area contributed by atoms with Crippen molar-refractivity contribution in [3.63, 3.8) is 0 Å². The number of carbonyl (C=O) groups is 1. The SMILES string of the molecule is NC(=S)/C(=N\Nc1cccc(Cl)c1)C(=O)N1CCCC1. The molecule has 1 saturated heterocycles. The van der Waals surface area contributed by atoms with Gasteiger partial charge in [0.15, 0.2) is 5.71 Å². The number of benzene rings is 1. The normalized spacial score (nSPS) is 15.2. The van der Waals surface area contributed by atoms with Crippen molar-refractivity contribution in [3.05, 3.63) is 29.3 Å². The van der Waals surface area contributed by atoms with Crippen LogP contribution in [0.15, 0.2) is 29.4 Å². The van der Waals surface area contributed by atoms with Gasteiger partial charge in [-0.1, -0.05) is 29.9 Å². The summed E-state index contributed by atoms with van der Waals surface area (Å²) >= 11 is 10.8. The van der Waals surface area contributed by atoms with E-state index < -0.39 is 0 Å². The number of halogens is 1. The summed E-state index contributed by atoms with van der Waals surface area (Å²) in [6, 6.07) is 7.01. The fourth-order valence-electron chi connectivity index (χ4n) is 1.96. The number of carbonyl (C=O) groups excluding carboxylic acids is 1. The maximum atomic E-state index is 12.2. The monoisotopic (exact) mass is 310 g/mol. The topological polar surface area (TPSA) is 70.7 Å². The van der Waals surface area contributed by atoms with Crippen molar-refractivity contribution in [1.82, 2.24) is 4.90 Å². The van der Waals surface area contributed by atoms with E-state index in [1.54, 1.807) is 29.2 Å². The maximum absolute atomic E-state index is 12.2. The molecular weight excluding hydrogens is 296 g/mol. The zero-order chi connectivity index (χ0) is 14.5. The number of hydrogen-bond donors (Lipinski definition) is 2. The molecule has 0 aromatic heterocycles. The van der Waals surface area contributed by atoms with Crippen LogP contribution in [0.5, 0.6) is 0 Å². The van der Waals surface area contributed by atoms with Crippen molar-refractivity contribution >= 4 is 46.1 Å². The van der Waals surface area contributed by atoms with Gasteiger partial charge in [0.2, 0.25) is 0 Å². The highest BCUT2D eigenvalue weighted by Gasteiger charge is 2.24. The molecule has 20 heavy (non-hydrogen) atoms. The molecule has 0 spiro atoms. The molecule has 0 unspecified atom stereocenters. The molecule has 0 radical (unpaired) electrons. The van der Waals surface area contributed by atoms with Gasteiger partial charge in [-0.25, -0.2) is 0 Å². The van der Waals surface area contributed by atoms with Gasteiger partial charge in [-0.05, 0) is 31.0 Å². The average molecular weight is 311 g/mol. The Kier molecular flexibility index (Phi) is 4.92. The Hall–Kier alpha value is -1.66. The number of rotatable bonds is 4. The van der Waals surface area contributed by atoms with Crippen LogP contribution in [-0.4, -0.2) is 34.6 Å². The van der Waals surface area contributed by atoms with Crippen LogP contribution < -0.4 is 11.2 Å². The zero-order valence-electron chi connectivity index (χ0n) is 10.8. The number of anilines is 1. The molecule has 7 heteroatoms. The molecule has 1 aliphatic heterocycles. The Morgan fingerprint density at radius 2 is 2.10 bits per heavy atom. The molecule has 3 N–H and O–H groups in total. The van der Waals surface area contributed by atoms with Gasteiger partial charge in [-0.2, -0.15) is 5.10 Å². The summed E-state index contributed by atoms with van der Waals surface area (Å²) in [5.41, 5.74) is 9.08. The predicted octanol–water partition coefficient (Wildman–Crippen LogP) is 2.02. The number of hydrogen-bond acceptors (Lipinski definition) is 4. The second-order valence-corrected chi connectivity index (χ2v) is 5.32. The van der Waals surface area contributed by atoms with Crippen molar-refractivity contribution in [1.29, 1.82) is 0 Å². The highest BCUT2D eigenvalue weighted by atomic mass is 35.5. The van der Waals surface area contributed by atoms with Gasteiger partial charge in [-0.3, -0.25) is 10.2 Å². The van der Waals surface area contributed by atoms with Crippen LogP contribution in [0.4, 0.5) is 5.69 Å². The highest BCUT2D eigenvalue weighted by molar-refractivity contribution is 7.82. The molecule has 1 aromatic carbocycles. The maximum Gasteiger partial charge on any atom is 0.277 e. The summed E-state index contributed by atoms with van der Waals surface area (Å²) in [6.07, 6.45) is 2.00. The number of amides is 1. The fourth-order valence-corrected chi connectivity index (χ4v) is 2.28. The van der Waals surface area contributed by atoms with Crippen molar-refractivity contribution in [3.8, 4) is 0 Å². The van der Waals surface area contributed by atoms with E-state index in [9.17, 15) is 4.79 Å². The average Bonchev–Trinajstić information content (AvgIpc) is 2.92. The third kappa shape index (κ3) is 3.68. The van der Waals surface area contributed by atoms with E-state index in [2.05, 4.69) is 10.5 Å². The first-order valence-electron chi connectivity index (χ1n) is 6.26. The van der Waals surface area contributed by atoms with Gasteiger partial charge in [-0.15, -0.1) is 0 Å². The molecule has 106 valence electrons. The third-order valence-electron chi connectivity index (χ3n) is 2.95. The summed E-state index contributed by atoms with van der Waals surface area (Å²) in [4.78, 5) is 13.9. The van der Waals surface area contributed by atoms with Crippen LogP contribution in [-0.2, 0) is 4.79 Å². The quantitative estimate of drug-likeness (QED) is 0.507. The second kappa shape index (κ2) is 6.67. The standard InChI is InChI=1S/C13H15ClN4OS/c14-9-4-3-5-10(8-9)16-17-11(12(15)20)13(19)18-6-1-2-7-18/h3-5,8,16H,1-2,6-7H2,(H2,15,20)/b17-11+. The van der Waals surface area contributed by atoms with Crippen molar-refractivity contribution in [2.75, 3.05) is 18.5 Å². The molecule has 1 heterocycles. The molecule has 2 rings (SSSR count). The van der Waals surface area contributed by atoms with E-state index in [1.165, 1.54) is 0 Å². The van der Waals surface area contributed by atoms with Gasteiger partial charge in [0.1, 0.15) is 4.99 Å². The van der Waals surface area contributed by atoms with E-state index in [1.807, 2.05) is 0 Å². The van der Waals surface area contributed by atoms with Gasteiger partial charge in [0.25, 0.3) is 5.91 Å². The number of nitrogens with two attached hydrogens (primary N) is 1. The van der Waals surface area contributed by atoms with Gasteiger partial charge >= 0.3 is 0 Å². The van der Waals surface area contributed by atoms with Crippen LogP contribution in [0.3, 0.4) is 0 Å². The largest absolute Gasteiger partial charge is 0.388 e. The van der Waals surface area contributed by atoms with Crippen LogP contribution in [0.1, 0.15) is 12.8 Å². The number of likely N-dealkylation sites (tertiary alicyclic amines) is 1. The van der Waals surface area contributed by atoms with Gasteiger partial charge in [0.05, 0.1) is 5.69 Å². The van der Waals surface area contributed by atoms with Crippen LogP contribution >= 0.6 is 23.8 Å². The first kappa shape index (κ1) is 14.7. The lowest BCUT2D eigenvalue weighted by Crippen LogP contribution is -2.40. The summed E-state index contributed by atoms with van der Waals surface area (Å²) in [7, 11) is 0. The van der Waals surface area contributed by atoms with E-state index in [4.69, 9.17) is 29.6 Å². The minimum absolute atomic E-state index is 0.0172. The van der Waals surface area contributed by atoms with E-state index in [0.717, 1.165) is 25.9 Å². The Morgan fingerprint density at radius 3 is 2.70 bits per heavy atom. The first-order valence-corrected chi connectivity index (χ1v) is 7.05. The number of hydrazone groups is 1.